The number of ether oxygens (including phenoxy) is 1. The van der Waals surface area contributed by atoms with E-state index in [0.717, 1.165) is 21.5 Å². The summed E-state index contributed by atoms with van der Waals surface area (Å²) in [6, 6.07) is 15.8. The summed E-state index contributed by atoms with van der Waals surface area (Å²) >= 11 is 4.93. The molecule has 2 aromatic carbocycles. The first kappa shape index (κ1) is 16.9. The topological polar surface area (TPSA) is 38.3 Å². The molecule has 0 saturated carbocycles. The van der Waals surface area contributed by atoms with Crippen LogP contribution in [0.5, 0.6) is 5.75 Å². The van der Waals surface area contributed by atoms with Crippen molar-refractivity contribution in [1.29, 1.82) is 0 Å². The number of carbonyl (C=O) groups excluding carboxylic acids is 1. The van der Waals surface area contributed by atoms with Crippen LogP contribution in [0.1, 0.15) is 5.56 Å². The summed E-state index contributed by atoms with van der Waals surface area (Å²) in [6.45, 7) is 0.645. The van der Waals surface area contributed by atoms with Crippen LogP contribution in [0.2, 0.25) is 0 Å². The molecule has 0 aliphatic rings. The average Bonchev–Trinajstić information content (AvgIpc) is 2.55. The predicted molar refractivity (Wildman–Crippen MR) is 94.6 cm³/mol. The third-order valence-corrected chi connectivity index (χ3v) is 4.62. The van der Waals surface area contributed by atoms with Crippen LogP contribution in [-0.4, -0.2) is 25.3 Å². The number of amides is 1. The molecule has 0 aromatic heterocycles. The summed E-state index contributed by atoms with van der Waals surface area (Å²) in [5.41, 5.74) is 1.18. The van der Waals surface area contributed by atoms with Gasteiger partial charge in [0.2, 0.25) is 5.91 Å². The van der Waals surface area contributed by atoms with Gasteiger partial charge in [0.15, 0.2) is 0 Å². The standard InChI is InChI=1S/C17H18BrNO2S/c1-21-15-6-2-13(3-7-15)10-11-19-17(20)12-22-16-8-4-14(18)5-9-16/h2-9H,10-12H2,1H3,(H,19,20). The summed E-state index contributed by atoms with van der Waals surface area (Å²) in [5.74, 6) is 1.34. The fourth-order valence-electron chi connectivity index (χ4n) is 1.87. The highest BCUT2D eigenvalue weighted by Gasteiger charge is 2.03. The molecule has 0 atom stereocenters. The Kier molecular flexibility index (Phi) is 6.80. The molecule has 2 aromatic rings. The maximum atomic E-state index is 11.8. The van der Waals surface area contributed by atoms with Crippen molar-refractivity contribution >= 4 is 33.6 Å². The average molecular weight is 380 g/mol. The molecule has 0 fully saturated rings. The molecule has 22 heavy (non-hydrogen) atoms. The number of methoxy groups -OCH3 is 1. The van der Waals surface area contributed by atoms with E-state index in [9.17, 15) is 4.79 Å². The van der Waals surface area contributed by atoms with E-state index in [2.05, 4.69) is 21.2 Å². The van der Waals surface area contributed by atoms with E-state index in [-0.39, 0.29) is 5.91 Å². The first-order valence-corrected chi connectivity index (χ1v) is 8.73. The summed E-state index contributed by atoms with van der Waals surface area (Å²) in [4.78, 5) is 12.9. The molecule has 1 N–H and O–H groups in total. The molecule has 0 aliphatic heterocycles. The Morgan fingerprint density at radius 1 is 1.14 bits per heavy atom. The molecule has 0 saturated heterocycles. The number of carbonyl (C=O) groups is 1. The number of nitrogens with one attached hydrogen (secondary N) is 1. The fourth-order valence-corrected chi connectivity index (χ4v) is 2.86. The van der Waals surface area contributed by atoms with Crippen LogP contribution in [0.4, 0.5) is 0 Å². The monoisotopic (exact) mass is 379 g/mol. The van der Waals surface area contributed by atoms with E-state index < -0.39 is 0 Å². The lowest BCUT2D eigenvalue weighted by atomic mass is 10.1. The van der Waals surface area contributed by atoms with Crippen LogP contribution in [0, 0.1) is 0 Å². The summed E-state index contributed by atoms with van der Waals surface area (Å²) in [6.07, 6.45) is 0.818. The third-order valence-electron chi connectivity index (χ3n) is 3.08. The van der Waals surface area contributed by atoms with Gasteiger partial charge in [0, 0.05) is 15.9 Å². The molecule has 0 heterocycles. The molecular formula is C17H18BrNO2S. The van der Waals surface area contributed by atoms with Crippen LogP contribution >= 0.6 is 27.7 Å². The minimum Gasteiger partial charge on any atom is -0.497 e. The Hall–Kier alpha value is -1.46. The van der Waals surface area contributed by atoms with Crippen LogP contribution in [0.15, 0.2) is 57.9 Å². The van der Waals surface area contributed by atoms with Crippen molar-refractivity contribution in [3.63, 3.8) is 0 Å². The van der Waals surface area contributed by atoms with Gasteiger partial charge in [0.05, 0.1) is 12.9 Å². The van der Waals surface area contributed by atoms with Crippen LogP contribution in [-0.2, 0) is 11.2 Å². The zero-order valence-corrected chi connectivity index (χ0v) is 14.7. The zero-order chi connectivity index (χ0) is 15.8. The van der Waals surface area contributed by atoms with E-state index in [0.29, 0.717) is 12.3 Å². The van der Waals surface area contributed by atoms with Gasteiger partial charge in [0.25, 0.3) is 0 Å². The van der Waals surface area contributed by atoms with E-state index in [4.69, 9.17) is 4.74 Å². The molecule has 0 bridgehead atoms. The lowest BCUT2D eigenvalue weighted by Crippen LogP contribution is -2.27. The number of hydrogen-bond donors (Lipinski definition) is 1. The van der Waals surface area contributed by atoms with Crippen molar-refractivity contribution in [3.8, 4) is 5.75 Å². The van der Waals surface area contributed by atoms with Crippen LogP contribution in [0.3, 0.4) is 0 Å². The lowest BCUT2D eigenvalue weighted by molar-refractivity contribution is -0.118. The highest BCUT2D eigenvalue weighted by Crippen LogP contribution is 2.20. The van der Waals surface area contributed by atoms with Gasteiger partial charge in [-0.3, -0.25) is 4.79 Å². The first-order chi connectivity index (χ1) is 10.7. The number of hydrogen-bond acceptors (Lipinski definition) is 3. The second-order valence-corrected chi connectivity index (χ2v) is 6.66. The van der Waals surface area contributed by atoms with Gasteiger partial charge in [-0.25, -0.2) is 0 Å². The van der Waals surface area contributed by atoms with Crippen molar-refractivity contribution in [2.24, 2.45) is 0 Å². The second kappa shape index (κ2) is 8.86. The summed E-state index contributed by atoms with van der Waals surface area (Å²) < 4.78 is 6.16. The Bertz CT molecular complexity index is 599. The Morgan fingerprint density at radius 2 is 1.82 bits per heavy atom. The minimum absolute atomic E-state index is 0.0569. The van der Waals surface area contributed by atoms with Gasteiger partial charge in [-0.15, -0.1) is 11.8 Å². The molecule has 2 rings (SSSR count). The number of thioether (sulfide) groups is 1. The molecule has 1 amide bonds. The number of rotatable bonds is 7. The predicted octanol–water partition coefficient (Wildman–Crippen LogP) is 3.91. The lowest BCUT2D eigenvalue weighted by Gasteiger charge is -2.06. The van der Waals surface area contributed by atoms with E-state index >= 15 is 0 Å². The van der Waals surface area contributed by atoms with Crippen molar-refractivity contribution in [2.75, 3.05) is 19.4 Å². The van der Waals surface area contributed by atoms with Gasteiger partial charge in [-0.2, -0.15) is 0 Å². The van der Waals surface area contributed by atoms with Gasteiger partial charge in [0.1, 0.15) is 5.75 Å². The van der Waals surface area contributed by atoms with Gasteiger partial charge in [-0.1, -0.05) is 28.1 Å². The van der Waals surface area contributed by atoms with Gasteiger partial charge < -0.3 is 10.1 Å². The zero-order valence-electron chi connectivity index (χ0n) is 12.3. The summed E-state index contributed by atoms with van der Waals surface area (Å²) in [5, 5.41) is 2.94. The van der Waals surface area contributed by atoms with E-state index in [1.54, 1.807) is 7.11 Å². The Balaban J connectivity index is 1.67. The number of halogens is 1. The van der Waals surface area contributed by atoms with Crippen molar-refractivity contribution in [3.05, 3.63) is 58.6 Å². The van der Waals surface area contributed by atoms with Gasteiger partial charge >= 0.3 is 0 Å². The van der Waals surface area contributed by atoms with E-state index in [1.165, 1.54) is 17.3 Å². The third kappa shape index (κ3) is 5.73. The van der Waals surface area contributed by atoms with Crippen LogP contribution < -0.4 is 10.1 Å². The van der Waals surface area contributed by atoms with Gasteiger partial charge in [-0.05, 0) is 48.4 Å². The Morgan fingerprint density at radius 3 is 2.45 bits per heavy atom. The highest BCUT2D eigenvalue weighted by molar-refractivity contribution is 9.10. The SMILES string of the molecule is COc1ccc(CCNC(=O)CSc2ccc(Br)cc2)cc1. The fraction of sp³-hybridized carbons (Fsp3) is 0.235. The highest BCUT2D eigenvalue weighted by atomic mass is 79.9. The maximum Gasteiger partial charge on any atom is 0.230 e. The first-order valence-electron chi connectivity index (χ1n) is 6.95. The van der Waals surface area contributed by atoms with Crippen molar-refractivity contribution in [2.45, 2.75) is 11.3 Å². The van der Waals surface area contributed by atoms with E-state index in [1.807, 2.05) is 48.5 Å². The quantitative estimate of drug-likeness (QED) is 0.741. The summed E-state index contributed by atoms with van der Waals surface area (Å²) in [7, 11) is 1.65. The van der Waals surface area contributed by atoms with Crippen molar-refractivity contribution < 1.29 is 9.53 Å². The maximum absolute atomic E-state index is 11.8. The molecule has 3 nitrogen and oxygen atoms in total. The smallest absolute Gasteiger partial charge is 0.230 e. The second-order valence-electron chi connectivity index (χ2n) is 4.69. The molecule has 116 valence electrons. The van der Waals surface area contributed by atoms with Crippen molar-refractivity contribution in [1.82, 2.24) is 5.32 Å². The minimum atomic E-state index is 0.0569. The Labute approximate surface area is 143 Å². The molecule has 0 aliphatic carbocycles. The molecule has 5 heteroatoms. The molecule has 0 unspecified atom stereocenters. The van der Waals surface area contributed by atoms with Crippen LogP contribution in [0.25, 0.3) is 0 Å². The molecule has 0 spiro atoms. The number of benzene rings is 2. The molecular weight excluding hydrogens is 362 g/mol. The normalized spacial score (nSPS) is 10.3. The molecule has 0 radical (unpaired) electrons. The largest absolute Gasteiger partial charge is 0.497 e.